The van der Waals surface area contributed by atoms with E-state index in [9.17, 15) is 9.90 Å². The number of carbonyl (C=O) groups is 1. The molecule has 2 aliphatic rings. The van der Waals surface area contributed by atoms with Gasteiger partial charge < -0.3 is 10.8 Å². The van der Waals surface area contributed by atoms with Crippen molar-refractivity contribution in [2.45, 2.75) is 18.9 Å². The zero-order valence-electron chi connectivity index (χ0n) is 11.6. The van der Waals surface area contributed by atoms with Gasteiger partial charge in [0, 0.05) is 23.8 Å². The highest BCUT2D eigenvalue weighted by Gasteiger charge is 2.58. The summed E-state index contributed by atoms with van der Waals surface area (Å²) in [5.74, 6) is 0.668. The number of benzene rings is 1. The first-order valence-corrected chi connectivity index (χ1v) is 7.25. The van der Waals surface area contributed by atoms with Gasteiger partial charge >= 0.3 is 0 Å². The molecule has 1 saturated carbocycles. The molecule has 5 nitrogen and oxygen atoms in total. The van der Waals surface area contributed by atoms with E-state index in [4.69, 9.17) is 5.73 Å². The van der Waals surface area contributed by atoms with Gasteiger partial charge in [0.2, 0.25) is 0 Å². The Balaban J connectivity index is 1.74. The third-order valence-corrected chi connectivity index (χ3v) is 4.80. The van der Waals surface area contributed by atoms with Crippen molar-refractivity contribution in [2.24, 2.45) is 17.6 Å². The number of hydrogen-bond donors (Lipinski definition) is 2. The number of fused-ring (bicyclic) bond motifs is 3. The van der Waals surface area contributed by atoms with Crippen LogP contribution in [0, 0.1) is 11.8 Å². The normalized spacial score (nSPS) is 25.5. The third kappa shape index (κ3) is 1.81. The number of primary amides is 1. The molecule has 1 heterocycles. The minimum Gasteiger partial charge on any atom is -0.396 e. The predicted octanol–water partition coefficient (Wildman–Crippen LogP) is 0.908. The number of aromatic nitrogens is 2. The molecule has 108 valence electrons. The third-order valence-electron chi connectivity index (χ3n) is 4.80. The number of nitrogens with zero attached hydrogens (tertiary/aromatic N) is 2. The summed E-state index contributed by atoms with van der Waals surface area (Å²) < 4.78 is 1.91. The monoisotopic (exact) mass is 283 g/mol. The molecule has 5 heteroatoms. The minimum absolute atomic E-state index is 0.206. The van der Waals surface area contributed by atoms with Crippen molar-refractivity contribution in [2.75, 3.05) is 6.61 Å². The summed E-state index contributed by atoms with van der Waals surface area (Å²) in [5, 5.41) is 13.8. The minimum atomic E-state index is -0.458. The number of nitrogens with two attached hydrogens (primary N) is 1. The van der Waals surface area contributed by atoms with Crippen LogP contribution in [0.5, 0.6) is 0 Å². The van der Waals surface area contributed by atoms with Crippen LogP contribution in [0.3, 0.4) is 0 Å². The fraction of sp³-hybridized carbons (Fsp3) is 0.375. The molecule has 1 fully saturated rings. The first-order chi connectivity index (χ1) is 10.2. The second-order valence-electron chi connectivity index (χ2n) is 5.96. The maximum Gasteiger partial charge on any atom is 0.269 e. The largest absolute Gasteiger partial charge is 0.396 e. The number of amides is 1. The Morgan fingerprint density at radius 3 is 2.81 bits per heavy atom. The van der Waals surface area contributed by atoms with Crippen LogP contribution in [0.1, 0.15) is 33.2 Å². The zero-order chi connectivity index (χ0) is 14.6. The average molecular weight is 283 g/mol. The van der Waals surface area contributed by atoms with Crippen LogP contribution in [0.2, 0.25) is 0 Å². The van der Waals surface area contributed by atoms with Gasteiger partial charge in [-0.25, -0.2) is 0 Å². The van der Waals surface area contributed by atoms with Crippen LogP contribution < -0.4 is 5.73 Å². The van der Waals surface area contributed by atoms with Crippen molar-refractivity contribution in [3.05, 3.63) is 52.8 Å². The number of aliphatic hydroxyl groups excluding tert-OH is 1. The van der Waals surface area contributed by atoms with Crippen molar-refractivity contribution < 1.29 is 9.90 Å². The molecule has 1 aromatic carbocycles. The van der Waals surface area contributed by atoms with E-state index in [1.807, 2.05) is 35.0 Å². The van der Waals surface area contributed by atoms with Crippen molar-refractivity contribution in [1.82, 2.24) is 9.78 Å². The number of rotatable bonds is 4. The quantitative estimate of drug-likeness (QED) is 0.875. The molecule has 0 spiro atoms. The fourth-order valence-corrected chi connectivity index (χ4v) is 3.77. The van der Waals surface area contributed by atoms with Crippen LogP contribution in [-0.4, -0.2) is 27.4 Å². The summed E-state index contributed by atoms with van der Waals surface area (Å²) in [5.41, 5.74) is 9.11. The summed E-state index contributed by atoms with van der Waals surface area (Å²) in [6.45, 7) is 0.842. The second-order valence-corrected chi connectivity index (χ2v) is 5.96. The zero-order valence-corrected chi connectivity index (χ0v) is 11.6. The van der Waals surface area contributed by atoms with Gasteiger partial charge in [-0.3, -0.25) is 9.48 Å². The van der Waals surface area contributed by atoms with E-state index in [0.717, 1.165) is 23.2 Å². The molecule has 21 heavy (non-hydrogen) atoms. The Morgan fingerprint density at radius 1 is 1.38 bits per heavy atom. The standard InChI is InChI=1S/C16H17N3O2/c17-16(21)14-11-6-10-12(8-20)13(10)15(11)19(18-14)7-9-4-2-1-3-5-9/h1-5,10,12-13,20H,6-8H2,(H2,17,21). The molecule has 3 atom stereocenters. The van der Waals surface area contributed by atoms with Gasteiger partial charge in [-0.05, 0) is 23.8 Å². The predicted molar refractivity (Wildman–Crippen MR) is 76.8 cm³/mol. The van der Waals surface area contributed by atoms with Gasteiger partial charge in [-0.1, -0.05) is 30.3 Å². The SMILES string of the molecule is NC(=O)c1nn(Cc2ccccc2)c2c1CC1C(CO)C21. The molecule has 0 radical (unpaired) electrons. The highest BCUT2D eigenvalue weighted by molar-refractivity contribution is 5.93. The van der Waals surface area contributed by atoms with E-state index >= 15 is 0 Å². The number of carbonyl (C=O) groups excluding carboxylic acids is 1. The molecule has 4 rings (SSSR count). The topological polar surface area (TPSA) is 81.1 Å². The molecule has 0 bridgehead atoms. The lowest BCUT2D eigenvalue weighted by atomic mass is 10.1. The van der Waals surface area contributed by atoms with Crippen LogP contribution in [0.25, 0.3) is 0 Å². The molecule has 3 N–H and O–H groups in total. The number of hydrogen-bond acceptors (Lipinski definition) is 3. The van der Waals surface area contributed by atoms with Crippen molar-refractivity contribution in [3.8, 4) is 0 Å². The van der Waals surface area contributed by atoms with Gasteiger partial charge in [-0.15, -0.1) is 0 Å². The lowest BCUT2D eigenvalue weighted by Crippen LogP contribution is -2.15. The summed E-state index contributed by atoms with van der Waals surface area (Å²) in [6.07, 6.45) is 0.818. The summed E-state index contributed by atoms with van der Waals surface area (Å²) in [7, 11) is 0. The molecule has 1 amide bonds. The highest BCUT2D eigenvalue weighted by Crippen LogP contribution is 2.61. The van der Waals surface area contributed by atoms with E-state index in [-0.39, 0.29) is 6.61 Å². The smallest absolute Gasteiger partial charge is 0.269 e. The summed E-state index contributed by atoms with van der Waals surface area (Å²) >= 11 is 0. The molecular weight excluding hydrogens is 266 g/mol. The van der Waals surface area contributed by atoms with E-state index in [0.29, 0.717) is 30.0 Å². The van der Waals surface area contributed by atoms with Crippen LogP contribution >= 0.6 is 0 Å². The molecular formula is C16H17N3O2. The lowest BCUT2D eigenvalue weighted by Gasteiger charge is -2.07. The Kier molecular flexibility index (Phi) is 2.65. The fourth-order valence-electron chi connectivity index (χ4n) is 3.77. The van der Waals surface area contributed by atoms with Gasteiger partial charge in [0.15, 0.2) is 5.69 Å². The first kappa shape index (κ1) is 12.6. The van der Waals surface area contributed by atoms with E-state index in [2.05, 4.69) is 5.10 Å². The molecule has 1 aromatic heterocycles. The molecule has 2 aromatic rings. The Labute approximate surface area is 122 Å². The van der Waals surface area contributed by atoms with E-state index in [1.54, 1.807) is 0 Å². The summed E-state index contributed by atoms with van der Waals surface area (Å²) in [4.78, 5) is 11.6. The van der Waals surface area contributed by atoms with E-state index in [1.165, 1.54) is 0 Å². The van der Waals surface area contributed by atoms with Crippen LogP contribution in [0.15, 0.2) is 30.3 Å². The maximum atomic E-state index is 11.6. The van der Waals surface area contributed by atoms with Crippen molar-refractivity contribution >= 4 is 5.91 Å². The molecule has 3 unspecified atom stereocenters. The first-order valence-electron chi connectivity index (χ1n) is 7.25. The van der Waals surface area contributed by atoms with Gasteiger partial charge in [0.1, 0.15) is 0 Å². The highest BCUT2D eigenvalue weighted by atomic mass is 16.3. The Hall–Kier alpha value is -2.14. The van der Waals surface area contributed by atoms with Crippen LogP contribution in [0.4, 0.5) is 0 Å². The molecule has 2 aliphatic carbocycles. The maximum absolute atomic E-state index is 11.6. The Morgan fingerprint density at radius 2 is 2.14 bits per heavy atom. The van der Waals surface area contributed by atoms with Gasteiger partial charge in [0.25, 0.3) is 5.91 Å². The van der Waals surface area contributed by atoms with Crippen LogP contribution in [-0.2, 0) is 13.0 Å². The average Bonchev–Trinajstić information content (AvgIpc) is 2.84. The second kappa shape index (κ2) is 4.43. The van der Waals surface area contributed by atoms with Crippen molar-refractivity contribution in [3.63, 3.8) is 0 Å². The lowest BCUT2D eigenvalue weighted by molar-refractivity contribution is 0.0994. The Bertz CT molecular complexity index is 708. The van der Waals surface area contributed by atoms with Gasteiger partial charge in [0.05, 0.1) is 6.54 Å². The van der Waals surface area contributed by atoms with Crippen molar-refractivity contribution in [1.29, 1.82) is 0 Å². The summed E-state index contributed by atoms with van der Waals surface area (Å²) in [6, 6.07) is 10.0. The van der Waals surface area contributed by atoms with E-state index < -0.39 is 5.91 Å². The number of aliphatic hydroxyl groups is 1. The molecule has 0 saturated heterocycles. The van der Waals surface area contributed by atoms with Gasteiger partial charge in [-0.2, -0.15) is 5.10 Å². The molecule has 0 aliphatic heterocycles.